The van der Waals surface area contributed by atoms with Gasteiger partial charge in [0.1, 0.15) is 11.6 Å². The van der Waals surface area contributed by atoms with Crippen molar-refractivity contribution in [1.29, 1.82) is 5.41 Å². The zero-order chi connectivity index (χ0) is 12.5. The van der Waals surface area contributed by atoms with Crippen LogP contribution in [0.4, 0.5) is 4.39 Å². The molecule has 1 aliphatic carbocycles. The molecular formula is C13H17FN2O. The molecule has 1 fully saturated rings. The highest BCUT2D eigenvalue weighted by atomic mass is 19.1. The van der Waals surface area contributed by atoms with Crippen molar-refractivity contribution in [2.75, 3.05) is 6.61 Å². The van der Waals surface area contributed by atoms with Gasteiger partial charge in [0, 0.05) is 11.8 Å². The Morgan fingerprint density at radius 1 is 1.53 bits per heavy atom. The van der Waals surface area contributed by atoms with Crippen LogP contribution in [0.15, 0.2) is 18.2 Å². The summed E-state index contributed by atoms with van der Waals surface area (Å²) in [5, 5.41) is 7.31. The first-order valence-electron chi connectivity index (χ1n) is 5.73. The van der Waals surface area contributed by atoms with E-state index in [1.165, 1.54) is 6.07 Å². The highest BCUT2D eigenvalue weighted by Crippen LogP contribution is 2.48. The van der Waals surface area contributed by atoms with Crippen LogP contribution in [0.1, 0.15) is 24.8 Å². The van der Waals surface area contributed by atoms with Crippen LogP contribution in [0.5, 0.6) is 5.75 Å². The summed E-state index contributed by atoms with van der Waals surface area (Å²) in [6.07, 6.45) is 2.69. The van der Waals surface area contributed by atoms with Crippen LogP contribution in [0.3, 0.4) is 0 Å². The predicted octanol–water partition coefficient (Wildman–Crippen LogP) is 2.62. The standard InChI is InChI=1S/C13H17FN2O/c1-9-6-10(2-3-11(9)14)17-8-13(4-5-13)7-12(15)16/h2-3,6H,4-5,7-8H2,1H3,(H3,15,16). The Morgan fingerprint density at radius 3 is 2.76 bits per heavy atom. The highest BCUT2D eigenvalue weighted by Gasteiger charge is 2.43. The molecule has 17 heavy (non-hydrogen) atoms. The maximum atomic E-state index is 13.1. The zero-order valence-corrected chi connectivity index (χ0v) is 9.92. The molecule has 0 aromatic heterocycles. The second-order valence-corrected chi connectivity index (χ2v) is 4.90. The minimum Gasteiger partial charge on any atom is -0.493 e. The lowest BCUT2D eigenvalue weighted by molar-refractivity contribution is 0.238. The summed E-state index contributed by atoms with van der Waals surface area (Å²) in [6.45, 7) is 2.27. The van der Waals surface area contributed by atoms with Crippen molar-refractivity contribution in [2.24, 2.45) is 11.1 Å². The number of amidine groups is 1. The van der Waals surface area contributed by atoms with Gasteiger partial charge in [-0.25, -0.2) is 4.39 Å². The second kappa shape index (κ2) is 4.35. The normalized spacial score (nSPS) is 16.6. The first kappa shape index (κ1) is 11.9. The molecule has 0 unspecified atom stereocenters. The summed E-state index contributed by atoms with van der Waals surface area (Å²) < 4.78 is 18.7. The molecule has 0 atom stereocenters. The van der Waals surface area contributed by atoms with E-state index in [0.717, 1.165) is 12.8 Å². The van der Waals surface area contributed by atoms with Gasteiger partial charge in [-0.3, -0.25) is 5.41 Å². The summed E-state index contributed by atoms with van der Waals surface area (Å²) >= 11 is 0. The van der Waals surface area contributed by atoms with E-state index in [9.17, 15) is 4.39 Å². The van der Waals surface area contributed by atoms with E-state index in [4.69, 9.17) is 15.9 Å². The van der Waals surface area contributed by atoms with E-state index >= 15 is 0 Å². The SMILES string of the molecule is Cc1cc(OCC2(CC(=N)N)CC2)ccc1F. The Labute approximate surface area is 100 Å². The molecular weight excluding hydrogens is 219 g/mol. The third kappa shape index (κ3) is 2.96. The van der Waals surface area contributed by atoms with Crippen molar-refractivity contribution in [3.05, 3.63) is 29.6 Å². The van der Waals surface area contributed by atoms with Crippen LogP contribution in [0.2, 0.25) is 0 Å². The molecule has 0 radical (unpaired) electrons. The molecule has 0 aliphatic heterocycles. The molecule has 1 saturated carbocycles. The molecule has 0 bridgehead atoms. The Morgan fingerprint density at radius 2 is 2.24 bits per heavy atom. The van der Waals surface area contributed by atoms with Gasteiger partial charge in [-0.05, 0) is 43.5 Å². The molecule has 1 aromatic carbocycles. The van der Waals surface area contributed by atoms with E-state index in [1.54, 1.807) is 19.1 Å². The first-order valence-corrected chi connectivity index (χ1v) is 5.73. The lowest BCUT2D eigenvalue weighted by atomic mass is 10.0. The highest BCUT2D eigenvalue weighted by molar-refractivity contribution is 5.78. The summed E-state index contributed by atoms with van der Waals surface area (Å²) in [5.74, 6) is 0.669. The van der Waals surface area contributed by atoms with Gasteiger partial charge in [0.2, 0.25) is 0 Å². The van der Waals surface area contributed by atoms with Gasteiger partial charge in [-0.1, -0.05) is 0 Å². The van der Waals surface area contributed by atoms with Gasteiger partial charge in [-0.15, -0.1) is 0 Å². The monoisotopic (exact) mass is 236 g/mol. The minimum absolute atomic E-state index is 0.0497. The molecule has 3 nitrogen and oxygen atoms in total. The van der Waals surface area contributed by atoms with Gasteiger partial charge in [0.15, 0.2) is 0 Å². The van der Waals surface area contributed by atoms with Crippen LogP contribution in [-0.4, -0.2) is 12.4 Å². The maximum absolute atomic E-state index is 13.1. The van der Waals surface area contributed by atoms with E-state index in [2.05, 4.69) is 0 Å². The summed E-state index contributed by atoms with van der Waals surface area (Å²) in [7, 11) is 0. The Hall–Kier alpha value is -1.58. The van der Waals surface area contributed by atoms with Gasteiger partial charge >= 0.3 is 0 Å². The molecule has 0 saturated heterocycles. The van der Waals surface area contributed by atoms with Crippen LogP contribution >= 0.6 is 0 Å². The number of hydrogen-bond donors (Lipinski definition) is 2. The number of nitrogens with two attached hydrogens (primary N) is 1. The van der Waals surface area contributed by atoms with Crippen LogP contribution in [0.25, 0.3) is 0 Å². The quantitative estimate of drug-likeness (QED) is 0.610. The van der Waals surface area contributed by atoms with Crippen molar-refractivity contribution in [1.82, 2.24) is 0 Å². The molecule has 0 heterocycles. The van der Waals surface area contributed by atoms with Crippen LogP contribution in [0, 0.1) is 23.6 Å². The molecule has 4 heteroatoms. The lowest BCUT2D eigenvalue weighted by Crippen LogP contribution is -2.21. The van der Waals surface area contributed by atoms with E-state index in [0.29, 0.717) is 24.3 Å². The van der Waals surface area contributed by atoms with Crippen molar-refractivity contribution in [3.63, 3.8) is 0 Å². The fourth-order valence-corrected chi connectivity index (χ4v) is 1.90. The number of benzene rings is 1. The second-order valence-electron chi connectivity index (χ2n) is 4.90. The lowest BCUT2D eigenvalue weighted by Gasteiger charge is -2.15. The largest absolute Gasteiger partial charge is 0.493 e. The summed E-state index contributed by atoms with van der Waals surface area (Å²) in [5.41, 5.74) is 6.04. The topological polar surface area (TPSA) is 59.1 Å². The number of hydrogen-bond acceptors (Lipinski definition) is 2. The van der Waals surface area contributed by atoms with Gasteiger partial charge < -0.3 is 10.5 Å². The smallest absolute Gasteiger partial charge is 0.126 e. The van der Waals surface area contributed by atoms with E-state index in [1.807, 2.05) is 0 Å². The fourth-order valence-electron chi connectivity index (χ4n) is 1.90. The van der Waals surface area contributed by atoms with E-state index in [-0.39, 0.29) is 17.1 Å². The molecule has 2 rings (SSSR count). The van der Waals surface area contributed by atoms with Crippen molar-refractivity contribution in [3.8, 4) is 5.75 Å². The maximum Gasteiger partial charge on any atom is 0.126 e. The fraction of sp³-hybridized carbons (Fsp3) is 0.462. The Balaban J connectivity index is 1.94. The van der Waals surface area contributed by atoms with Crippen molar-refractivity contribution in [2.45, 2.75) is 26.2 Å². The molecule has 1 aromatic rings. The predicted molar refractivity (Wildman–Crippen MR) is 64.8 cm³/mol. The number of nitrogens with one attached hydrogen (secondary N) is 1. The average Bonchev–Trinajstić information content (AvgIpc) is 2.99. The van der Waals surface area contributed by atoms with Crippen LogP contribution < -0.4 is 10.5 Å². The summed E-state index contributed by atoms with van der Waals surface area (Å²) in [4.78, 5) is 0. The summed E-state index contributed by atoms with van der Waals surface area (Å²) in [6, 6.07) is 4.74. The third-order valence-electron chi connectivity index (χ3n) is 3.20. The van der Waals surface area contributed by atoms with Crippen molar-refractivity contribution < 1.29 is 9.13 Å². The zero-order valence-electron chi connectivity index (χ0n) is 9.92. The van der Waals surface area contributed by atoms with Crippen molar-refractivity contribution >= 4 is 5.84 Å². The minimum atomic E-state index is -0.220. The molecule has 92 valence electrons. The molecule has 0 spiro atoms. The average molecular weight is 236 g/mol. The van der Waals surface area contributed by atoms with Crippen LogP contribution in [-0.2, 0) is 0 Å². The molecule has 1 aliphatic rings. The number of ether oxygens (including phenoxy) is 1. The van der Waals surface area contributed by atoms with Gasteiger partial charge in [0.25, 0.3) is 0 Å². The van der Waals surface area contributed by atoms with E-state index < -0.39 is 0 Å². The Bertz CT molecular complexity index is 441. The number of halogens is 1. The number of rotatable bonds is 5. The number of aryl methyl sites for hydroxylation is 1. The first-order chi connectivity index (χ1) is 8.01. The Kier molecular flexibility index (Phi) is 3.05. The molecule has 0 amide bonds. The third-order valence-corrected chi connectivity index (χ3v) is 3.20. The van der Waals surface area contributed by atoms with Gasteiger partial charge in [0.05, 0.1) is 12.4 Å². The molecule has 3 N–H and O–H groups in total. The van der Waals surface area contributed by atoms with Gasteiger partial charge in [-0.2, -0.15) is 0 Å².